The molecule has 3 nitrogen and oxygen atoms in total. The smallest absolute Gasteiger partial charge is 0.407 e. The Labute approximate surface area is 66.1 Å². The number of hydrogen-bond acceptors (Lipinski definition) is 2. The number of rotatable bonds is 3. The maximum Gasteiger partial charge on any atom is 0.407 e. The van der Waals surface area contributed by atoms with Gasteiger partial charge in [-0.15, -0.1) is 0 Å². The van der Waals surface area contributed by atoms with Gasteiger partial charge >= 0.3 is 6.09 Å². The maximum atomic E-state index is 10.6. The summed E-state index contributed by atoms with van der Waals surface area (Å²) in [5.74, 6) is 0.951. The average molecular weight is 155 g/mol. The minimum Gasteiger partial charge on any atom is -0.447 e. The van der Waals surface area contributed by atoms with E-state index in [1.165, 1.54) is 19.3 Å². The summed E-state index contributed by atoms with van der Waals surface area (Å²) < 4.78 is 4.77. The number of hydrogen-bond donors (Lipinski definition) is 1. The summed E-state index contributed by atoms with van der Waals surface area (Å²) in [4.78, 5) is 10.6. The van der Waals surface area contributed by atoms with Crippen LogP contribution in [0.25, 0.3) is 0 Å². The van der Waals surface area contributed by atoms with Crippen molar-refractivity contribution >= 4 is 6.09 Å². The van der Waals surface area contributed by atoms with Gasteiger partial charge in [0, 0.05) is 0 Å². The molecule has 0 bridgehead atoms. The quantitative estimate of drug-likeness (QED) is 0.666. The normalized spacial score (nSPS) is 29.8. The first kappa shape index (κ1) is 6.95. The van der Waals surface area contributed by atoms with Crippen LogP contribution in [0.3, 0.4) is 0 Å². The lowest BCUT2D eigenvalue weighted by atomic mass is 10.1. The molecule has 1 aliphatic carbocycles. The van der Waals surface area contributed by atoms with Crippen LogP contribution in [0.1, 0.15) is 25.7 Å². The predicted molar refractivity (Wildman–Crippen MR) is 40.2 cm³/mol. The highest BCUT2D eigenvalue weighted by Gasteiger charge is 2.26. The van der Waals surface area contributed by atoms with Gasteiger partial charge in [-0.25, -0.2) is 4.79 Å². The third-order valence-corrected chi connectivity index (χ3v) is 2.36. The van der Waals surface area contributed by atoms with Crippen molar-refractivity contribution in [1.29, 1.82) is 0 Å². The second-order valence-electron chi connectivity index (χ2n) is 3.46. The van der Waals surface area contributed by atoms with Gasteiger partial charge in [0.1, 0.15) is 6.61 Å². The van der Waals surface area contributed by atoms with Crippen molar-refractivity contribution in [2.24, 2.45) is 5.92 Å². The third-order valence-electron chi connectivity index (χ3n) is 2.36. The Morgan fingerprint density at radius 1 is 1.45 bits per heavy atom. The van der Waals surface area contributed by atoms with Crippen molar-refractivity contribution in [1.82, 2.24) is 5.32 Å². The second kappa shape index (κ2) is 2.72. The Bertz CT molecular complexity index is 165. The van der Waals surface area contributed by atoms with E-state index in [0.29, 0.717) is 12.6 Å². The molecule has 11 heavy (non-hydrogen) atoms. The fraction of sp³-hybridized carbons (Fsp3) is 0.875. The zero-order valence-electron chi connectivity index (χ0n) is 6.51. The molecule has 2 rings (SSSR count). The van der Waals surface area contributed by atoms with Crippen LogP contribution in [0.15, 0.2) is 0 Å². The molecule has 1 saturated carbocycles. The van der Waals surface area contributed by atoms with E-state index in [9.17, 15) is 4.79 Å². The SMILES string of the molecule is O=C1NC(CCC2CC2)CO1. The Kier molecular flexibility index (Phi) is 1.72. The molecule has 62 valence electrons. The first-order valence-electron chi connectivity index (χ1n) is 4.28. The summed E-state index contributed by atoms with van der Waals surface area (Å²) in [6.45, 7) is 0.575. The molecule has 0 aromatic carbocycles. The highest BCUT2D eigenvalue weighted by atomic mass is 16.6. The number of ether oxygens (including phenoxy) is 1. The third kappa shape index (κ3) is 1.85. The molecule has 0 aromatic heterocycles. The summed E-state index contributed by atoms with van der Waals surface area (Å²) in [7, 11) is 0. The lowest BCUT2D eigenvalue weighted by Gasteiger charge is -2.04. The van der Waals surface area contributed by atoms with Crippen LogP contribution in [0.2, 0.25) is 0 Å². The molecule has 0 spiro atoms. The lowest BCUT2D eigenvalue weighted by molar-refractivity contribution is 0.176. The monoisotopic (exact) mass is 155 g/mol. The van der Waals surface area contributed by atoms with Crippen LogP contribution in [-0.4, -0.2) is 18.7 Å². The molecule has 1 N–H and O–H groups in total. The van der Waals surface area contributed by atoms with E-state index < -0.39 is 0 Å². The molecule has 1 saturated heterocycles. The minimum atomic E-state index is -0.245. The van der Waals surface area contributed by atoms with Crippen molar-refractivity contribution in [3.63, 3.8) is 0 Å². The molecule has 1 unspecified atom stereocenters. The van der Waals surface area contributed by atoms with Crippen LogP contribution >= 0.6 is 0 Å². The molecule has 1 amide bonds. The number of alkyl carbamates (subject to hydrolysis) is 1. The highest BCUT2D eigenvalue weighted by molar-refractivity contribution is 5.69. The Hall–Kier alpha value is -0.730. The standard InChI is InChI=1S/C8H13NO2/c10-8-9-7(5-11-8)4-3-6-1-2-6/h6-7H,1-5H2,(H,9,10). The van der Waals surface area contributed by atoms with Gasteiger partial charge < -0.3 is 10.1 Å². The minimum absolute atomic E-state index is 0.245. The Morgan fingerprint density at radius 2 is 2.27 bits per heavy atom. The summed E-state index contributed by atoms with van der Waals surface area (Å²) in [6, 6.07) is 0.295. The van der Waals surface area contributed by atoms with Crippen molar-refractivity contribution < 1.29 is 9.53 Å². The Morgan fingerprint density at radius 3 is 2.82 bits per heavy atom. The van der Waals surface area contributed by atoms with E-state index in [2.05, 4.69) is 5.32 Å². The highest BCUT2D eigenvalue weighted by Crippen LogP contribution is 2.34. The summed E-state index contributed by atoms with van der Waals surface area (Å²) in [5.41, 5.74) is 0. The van der Waals surface area contributed by atoms with E-state index in [1.807, 2.05) is 0 Å². The van der Waals surface area contributed by atoms with Gasteiger partial charge in [0.2, 0.25) is 0 Å². The predicted octanol–water partition coefficient (Wildman–Crippen LogP) is 1.28. The van der Waals surface area contributed by atoms with Gasteiger partial charge in [0.05, 0.1) is 6.04 Å². The molecule has 2 aliphatic rings. The van der Waals surface area contributed by atoms with E-state index in [-0.39, 0.29) is 6.09 Å². The molecule has 1 aliphatic heterocycles. The molecular weight excluding hydrogens is 142 g/mol. The topological polar surface area (TPSA) is 38.3 Å². The van der Waals surface area contributed by atoms with E-state index in [0.717, 1.165) is 12.3 Å². The number of nitrogens with one attached hydrogen (secondary N) is 1. The molecule has 1 heterocycles. The van der Waals surface area contributed by atoms with E-state index in [4.69, 9.17) is 4.74 Å². The van der Waals surface area contributed by atoms with Gasteiger partial charge in [0.15, 0.2) is 0 Å². The first-order valence-corrected chi connectivity index (χ1v) is 4.28. The van der Waals surface area contributed by atoms with Crippen molar-refractivity contribution in [3.05, 3.63) is 0 Å². The lowest BCUT2D eigenvalue weighted by Crippen LogP contribution is -2.25. The average Bonchev–Trinajstić information content (AvgIpc) is 2.72. The van der Waals surface area contributed by atoms with E-state index >= 15 is 0 Å². The fourth-order valence-corrected chi connectivity index (χ4v) is 1.43. The van der Waals surface area contributed by atoms with Crippen LogP contribution in [0, 0.1) is 5.92 Å². The van der Waals surface area contributed by atoms with Crippen LogP contribution in [-0.2, 0) is 4.74 Å². The number of carbonyl (C=O) groups is 1. The molecule has 2 fully saturated rings. The van der Waals surface area contributed by atoms with Crippen molar-refractivity contribution in [2.45, 2.75) is 31.7 Å². The van der Waals surface area contributed by atoms with Crippen LogP contribution in [0.5, 0.6) is 0 Å². The maximum absolute atomic E-state index is 10.6. The van der Waals surface area contributed by atoms with E-state index in [1.54, 1.807) is 0 Å². The van der Waals surface area contributed by atoms with Gasteiger partial charge in [-0.05, 0) is 18.8 Å². The van der Waals surface area contributed by atoms with Gasteiger partial charge in [0.25, 0.3) is 0 Å². The van der Waals surface area contributed by atoms with Crippen LogP contribution < -0.4 is 5.32 Å². The summed E-state index contributed by atoms with van der Waals surface area (Å²) in [5, 5.41) is 2.78. The van der Waals surface area contributed by atoms with Crippen molar-refractivity contribution in [3.8, 4) is 0 Å². The first-order chi connectivity index (χ1) is 5.34. The summed E-state index contributed by atoms with van der Waals surface area (Å²) >= 11 is 0. The van der Waals surface area contributed by atoms with Gasteiger partial charge in [-0.1, -0.05) is 12.8 Å². The molecular formula is C8H13NO2. The zero-order chi connectivity index (χ0) is 7.68. The fourth-order valence-electron chi connectivity index (χ4n) is 1.43. The largest absolute Gasteiger partial charge is 0.447 e. The van der Waals surface area contributed by atoms with Crippen LogP contribution in [0.4, 0.5) is 4.79 Å². The Balaban J connectivity index is 1.65. The zero-order valence-corrected chi connectivity index (χ0v) is 6.51. The van der Waals surface area contributed by atoms with Gasteiger partial charge in [-0.3, -0.25) is 0 Å². The molecule has 0 aromatic rings. The van der Waals surface area contributed by atoms with Crippen molar-refractivity contribution in [2.75, 3.05) is 6.61 Å². The molecule has 1 atom stereocenters. The molecule has 3 heteroatoms. The second-order valence-corrected chi connectivity index (χ2v) is 3.46. The molecule has 0 radical (unpaired) electrons. The summed E-state index contributed by atoms with van der Waals surface area (Å²) in [6.07, 6.45) is 4.89. The number of amides is 1. The number of carbonyl (C=O) groups excluding carboxylic acids is 1. The number of cyclic esters (lactones) is 1. The van der Waals surface area contributed by atoms with Gasteiger partial charge in [-0.2, -0.15) is 0 Å².